The minimum absolute atomic E-state index is 0.227. The highest BCUT2D eigenvalue weighted by atomic mass is 79.9. The lowest BCUT2D eigenvalue weighted by atomic mass is 10.1. The van der Waals surface area contributed by atoms with E-state index in [9.17, 15) is 4.79 Å². The maximum atomic E-state index is 12.7. The summed E-state index contributed by atoms with van der Waals surface area (Å²) in [5, 5.41) is 2.91. The molecule has 0 saturated carbocycles. The lowest BCUT2D eigenvalue weighted by molar-refractivity contribution is 0.102. The molecule has 0 spiro atoms. The van der Waals surface area contributed by atoms with Crippen LogP contribution in [0.3, 0.4) is 0 Å². The smallest absolute Gasteiger partial charge is 0.255 e. The van der Waals surface area contributed by atoms with Crippen LogP contribution < -0.4 is 14.8 Å². The Bertz CT molecular complexity index is 991. The summed E-state index contributed by atoms with van der Waals surface area (Å²) in [6.45, 7) is 2.37. The molecule has 0 unspecified atom stereocenters. The normalized spacial score (nSPS) is 10.4. The summed E-state index contributed by atoms with van der Waals surface area (Å²) < 4.78 is 13.0. The maximum absolute atomic E-state index is 12.7. The van der Waals surface area contributed by atoms with Crippen molar-refractivity contribution in [1.29, 1.82) is 0 Å². The Morgan fingerprint density at radius 3 is 2.43 bits per heavy atom. The van der Waals surface area contributed by atoms with Gasteiger partial charge in [-0.3, -0.25) is 4.79 Å². The first kappa shape index (κ1) is 20.4. The van der Waals surface area contributed by atoms with Crippen molar-refractivity contribution in [2.24, 2.45) is 0 Å². The molecule has 3 aromatic rings. The molecule has 0 radical (unpaired) electrons. The van der Waals surface area contributed by atoms with Crippen molar-refractivity contribution in [2.45, 2.75) is 13.5 Å². The standard InChI is InChI=1S/C22H19Br2NO3/c1-14-10-17(8-9-18(14)23)25-22(26)16-11-19(24)21(20(12-16)27-2)28-13-15-6-4-3-5-7-15/h3-12H,13H2,1-2H3,(H,25,26). The first-order valence-electron chi connectivity index (χ1n) is 8.59. The molecule has 1 amide bonds. The Hall–Kier alpha value is -2.31. The van der Waals surface area contributed by atoms with Gasteiger partial charge in [0.05, 0.1) is 11.6 Å². The largest absolute Gasteiger partial charge is 0.493 e. The van der Waals surface area contributed by atoms with Crippen LogP contribution in [0.4, 0.5) is 5.69 Å². The second-order valence-electron chi connectivity index (χ2n) is 6.18. The first-order valence-corrected chi connectivity index (χ1v) is 10.2. The van der Waals surface area contributed by atoms with Gasteiger partial charge in [0.25, 0.3) is 5.91 Å². The van der Waals surface area contributed by atoms with Crippen molar-refractivity contribution >= 4 is 43.5 Å². The zero-order valence-corrected chi connectivity index (χ0v) is 18.6. The molecular formula is C22H19Br2NO3. The third kappa shape index (κ3) is 4.94. The zero-order chi connectivity index (χ0) is 20.1. The number of benzene rings is 3. The van der Waals surface area contributed by atoms with Crippen molar-refractivity contribution < 1.29 is 14.3 Å². The van der Waals surface area contributed by atoms with E-state index in [1.165, 1.54) is 0 Å². The van der Waals surface area contributed by atoms with Gasteiger partial charge in [-0.15, -0.1) is 0 Å². The van der Waals surface area contributed by atoms with Gasteiger partial charge in [0.2, 0.25) is 0 Å². The third-order valence-electron chi connectivity index (χ3n) is 4.13. The molecule has 0 aliphatic carbocycles. The number of rotatable bonds is 6. The number of methoxy groups -OCH3 is 1. The van der Waals surface area contributed by atoms with E-state index < -0.39 is 0 Å². The number of hydrogen-bond acceptors (Lipinski definition) is 3. The van der Waals surface area contributed by atoms with E-state index in [-0.39, 0.29) is 5.91 Å². The second-order valence-corrected chi connectivity index (χ2v) is 7.89. The Labute approximate surface area is 181 Å². The fourth-order valence-electron chi connectivity index (χ4n) is 2.65. The molecule has 3 aromatic carbocycles. The molecule has 0 atom stereocenters. The Morgan fingerprint density at radius 2 is 1.75 bits per heavy atom. The highest BCUT2D eigenvalue weighted by Gasteiger charge is 2.16. The van der Waals surface area contributed by atoms with Crippen molar-refractivity contribution in [3.05, 3.63) is 86.3 Å². The number of amides is 1. The molecule has 4 nitrogen and oxygen atoms in total. The average molecular weight is 505 g/mol. The van der Waals surface area contributed by atoms with E-state index >= 15 is 0 Å². The molecule has 0 bridgehead atoms. The number of anilines is 1. The maximum Gasteiger partial charge on any atom is 0.255 e. The number of carbonyl (C=O) groups is 1. The Morgan fingerprint density at radius 1 is 1.00 bits per heavy atom. The monoisotopic (exact) mass is 503 g/mol. The van der Waals surface area contributed by atoms with E-state index in [2.05, 4.69) is 37.2 Å². The lowest BCUT2D eigenvalue weighted by Crippen LogP contribution is -2.12. The predicted octanol–water partition coefficient (Wildman–Crippen LogP) is 6.36. The number of ether oxygens (including phenoxy) is 2. The van der Waals surface area contributed by atoms with Crippen LogP contribution in [0.5, 0.6) is 11.5 Å². The van der Waals surface area contributed by atoms with Gasteiger partial charge in [0.15, 0.2) is 11.5 Å². The summed E-state index contributed by atoms with van der Waals surface area (Å²) in [6.07, 6.45) is 0. The number of hydrogen-bond donors (Lipinski definition) is 1. The molecule has 28 heavy (non-hydrogen) atoms. The molecule has 0 aromatic heterocycles. The summed E-state index contributed by atoms with van der Waals surface area (Å²) >= 11 is 6.96. The van der Waals surface area contributed by atoms with E-state index in [1.807, 2.05) is 55.5 Å². The fourth-order valence-corrected chi connectivity index (χ4v) is 3.45. The summed E-state index contributed by atoms with van der Waals surface area (Å²) in [4.78, 5) is 12.7. The molecule has 0 aliphatic rings. The van der Waals surface area contributed by atoms with E-state index in [4.69, 9.17) is 9.47 Å². The fraction of sp³-hybridized carbons (Fsp3) is 0.136. The predicted molar refractivity (Wildman–Crippen MR) is 118 cm³/mol. The highest BCUT2D eigenvalue weighted by molar-refractivity contribution is 9.10. The van der Waals surface area contributed by atoms with Crippen molar-refractivity contribution in [1.82, 2.24) is 0 Å². The van der Waals surface area contributed by atoms with Gasteiger partial charge in [0, 0.05) is 15.7 Å². The summed E-state index contributed by atoms with van der Waals surface area (Å²) in [5.74, 6) is 0.820. The molecule has 3 rings (SSSR count). The Kier molecular flexibility index (Phi) is 6.75. The number of carbonyl (C=O) groups excluding carboxylic acids is 1. The molecule has 0 aliphatic heterocycles. The van der Waals surface area contributed by atoms with E-state index in [0.717, 1.165) is 21.3 Å². The van der Waals surface area contributed by atoms with Crippen LogP contribution in [0, 0.1) is 6.92 Å². The summed E-state index contributed by atoms with van der Waals surface area (Å²) in [5.41, 5.74) is 3.28. The minimum atomic E-state index is -0.227. The molecule has 0 fully saturated rings. The van der Waals surface area contributed by atoms with E-state index in [1.54, 1.807) is 19.2 Å². The topological polar surface area (TPSA) is 47.6 Å². The SMILES string of the molecule is COc1cc(C(=O)Nc2ccc(Br)c(C)c2)cc(Br)c1OCc1ccccc1. The molecule has 0 heterocycles. The number of aryl methyl sites for hydroxylation is 1. The van der Waals surface area contributed by atoms with Crippen LogP contribution in [-0.4, -0.2) is 13.0 Å². The summed E-state index contributed by atoms with van der Waals surface area (Å²) in [7, 11) is 1.55. The number of nitrogens with one attached hydrogen (secondary N) is 1. The average Bonchev–Trinajstić information content (AvgIpc) is 2.70. The van der Waals surface area contributed by atoms with Crippen LogP contribution >= 0.6 is 31.9 Å². The van der Waals surface area contributed by atoms with Gasteiger partial charge in [-0.1, -0.05) is 46.3 Å². The van der Waals surface area contributed by atoms with Gasteiger partial charge in [-0.05, 0) is 64.3 Å². The molecule has 0 saturated heterocycles. The van der Waals surface area contributed by atoms with Gasteiger partial charge >= 0.3 is 0 Å². The lowest BCUT2D eigenvalue weighted by Gasteiger charge is -2.15. The zero-order valence-electron chi connectivity index (χ0n) is 15.5. The van der Waals surface area contributed by atoms with Crippen molar-refractivity contribution in [3.8, 4) is 11.5 Å². The van der Waals surface area contributed by atoms with Crippen LogP contribution in [0.15, 0.2) is 69.6 Å². The van der Waals surface area contributed by atoms with Crippen LogP contribution in [0.2, 0.25) is 0 Å². The van der Waals surface area contributed by atoms with Gasteiger partial charge in [0.1, 0.15) is 6.61 Å². The Balaban J connectivity index is 1.79. The van der Waals surface area contributed by atoms with Crippen LogP contribution in [0.25, 0.3) is 0 Å². The molecule has 6 heteroatoms. The van der Waals surface area contributed by atoms with Crippen LogP contribution in [-0.2, 0) is 6.61 Å². The molecule has 144 valence electrons. The molecular weight excluding hydrogens is 486 g/mol. The first-order chi connectivity index (χ1) is 13.5. The van der Waals surface area contributed by atoms with Crippen LogP contribution in [0.1, 0.15) is 21.5 Å². The molecule has 1 N–H and O–H groups in total. The van der Waals surface area contributed by atoms with Gasteiger partial charge in [-0.25, -0.2) is 0 Å². The van der Waals surface area contributed by atoms with Crippen molar-refractivity contribution in [2.75, 3.05) is 12.4 Å². The second kappa shape index (κ2) is 9.26. The van der Waals surface area contributed by atoms with E-state index in [0.29, 0.717) is 28.1 Å². The van der Waals surface area contributed by atoms with Gasteiger partial charge < -0.3 is 14.8 Å². The number of halogens is 2. The third-order valence-corrected chi connectivity index (χ3v) is 5.61. The quantitative estimate of drug-likeness (QED) is 0.424. The van der Waals surface area contributed by atoms with Gasteiger partial charge in [-0.2, -0.15) is 0 Å². The minimum Gasteiger partial charge on any atom is -0.493 e. The van der Waals surface area contributed by atoms with Crippen molar-refractivity contribution in [3.63, 3.8) is 0 Å². The summed E-state index contributed by atoms with van der Waals surface area (Å²) in [6, 6.07) is 18.9. The highest BCUT2D eigenvalue weighted by Crippen LogP contribution is 2.37.